The lowest BCUT2D eigenvalue weighted by Gasteiger charge is -2.14. The fraction of sp³-hybridized carbons (Fsp3) is 0.417. The van der Waals surface area contributed by atoms with E-state index in [1.807, 2.05) is 12.1 Å². The number of nitriles is 1. The number of hydrogen-bond donors (Lipinski definition) is 2. The number of hydrogen-bond acceptors (Lipinski definition) is 3. The molecule has 0 aromatic heterocycles. The van der Waals surface area contributed by atoms with Gasteiger partial charge in [-0.2, -0.15) is 5.26 Å². The molecule has 0 bridgehead atoms. The normalized spacial score (nSPS) is 11.8. The van der Waals surface area contributed by atoms with Gasteiger partial charge in [0.05, 0.1) is 11.6 Å². The fourth-order valence-corrected chi connectivity index (χ4v) is 1.40. The topological polar surface area (TPSA) is 56.0 Å². The fourth-order valence-electron chi connectivity index (χ4n) is 1.40. The van der Waals surface area contributed by atoms with Crippen LogP contribution in [0.25, 0.3) is 0 Å². The summed E-state index contributed by atoms with van der Waals surface area (Å²) in [4.78, 5) is 0. The Bertz CT molecular complexity index is 326. The van der Waals surface area contributed by atoms with E-state index in [0.29, 0.717) is 11.6 Å². The zero-order valence-electron chi connectivity index (χ0n) is 8.90. The maximum absolute atomic E-state index is 8.69. The highest BCUT2D eigenvalue weighted by molar-refractivity contribution is 5.47. The van der Waals surface area contributed by atoms with Crippen LogP contribution in [0.2, 0.25) is 0 Å². The van der Waals surface area contributed by atoms with Gasteiger partial charge in [-0.3, -0.25) is 0 Å². The molecular formula is C12H16N2O. The maximum atomic E-state index is 8.69. The van der Waals surface area contributed by atoms with Crippen LogP contribution in [0.4, 0.5) is 5.69 Å². The largest absolute Gasteiger partial charge is 0.396 e. The minimum Gasteiger partial charge on any atom is -0.396 e. The number of rotatable bonds is 5. The highest BCUT2D eigenvalue weighted by Crippen LogP contribution is 2.11. The van der Waals surface area contributed by atoms with Crippen LogP contribution >= 0.6 is 0 Å². The molecule has 1 unspecified atom stereocenters. The van der Waals surface area contributed by atoms with Gasteiger partial charge in [0.25, 0.3) is 0 Å². The molecule has 0 saturated carbocycles. The van der Waals surface area contributed by atoms with Crippen molar-refractivity contribution in [1.29, 1.82) is 5.26 Å². The summed E-state index contributed by atoms with van der Waals surface area (Å²) >= 11 is 0. The highest BCUT2D eigenvalue weighted by atomic mass is 16.2. The highest BCUT2D eigenvalue weighted by Gasteiger charge is 2.01. The average molecular weight is 204 g/mol. The van der Waals surface area contributed by atoms with Crippen LogP contribution < -0.4 is 5.32 Å². The Morgan fingerprint density at radius 2 is 2.07 bits per heavy atom. The van der Waals surface area contributed by atoms with Gasteiger partial charge in [-0.25, -0.2) is 0 Å². The van der Waals surface area contributed by atoms with Crippen LogP contribution in [0.5, 0.6) is 0 Å². The van der Waals surface area contributed by atoms with Gasteiger partial charge in [-0.05, 0) is 44.0 Å². The number of benzene rings is 1. The average Bonchev–Trinajstić information content (AvgIpc) is 2.27. The standard InChI is InChI=1S/C12H16N2O/c1-10(3-2-8-15)14-12-6-4-11(9-13)5-7-12/h4-7,10,14-15H,2-3,8H2,1H3. The molecule has 3 nitrogen and oxygen atoms in total. The lowest BCUT2D eigenvalue weighted by Crippen LogP contribution is -2.15. The second-order valence-electron chi connectivity index (χ2n) is 3.60. The van der Waals surface area contributed by atoms with Crippen LogP contribution in [0.1, 0.15) is 25.3 Å². The van der Waals surface area contributed by atoms with Gasteiger partial charge in [0, 0.05) is 18.3 Å². The number of nitrogens with one attached hydrogen (secondary N) is 1. The monoisotopic (exact) mass is 204 g/mol. The molecule has 0 fully saturated rings. The first-order chi connectivity index (χ1) is 7.26. The second-order valence-corrected chi connectivity index (χ2v) is 3.60. The molecule has 0 amide bonds. The molecule has 0 radical (unpaired) electrons. The molecular weight excluding hydrogens is 188 g/mol. The van der Waals surface area contributed by atoms with Crippen LogP contribution in [0.15, 0.2) is 24.3 Å². The summed E-state index contributed by atoms with van der Waals surface area (Å²) in [6, 6.07) is 9.80. The van der Waals surface area contributed by atoms with Crippen molar-refractivity contribution in [3.8, 4) is 6.07 Å². The predicted molar refractivity (Wildman–Crippen MR) is 60.6 cm³/mol. The van der Waals surface area contributed by atoms with Crippen molar-refractivity contribution in [3.63, 3.8) is 0 Å². The van der Waals surface area contributed by atoms with Gasteiger partial charge in [0.15, 0.2) is 0 Å². The van der Waals surface area contributed by atoms with Gasteiger partial charge in [-0.1, -0.05) is 0 Å². The summed E-state index contributed by atoms with van der Waals surface area (Å²) in [6.07, 6.45) is 1.75. The Labute approximate surface area is 90.4 Å². The molecule has 15 heavy (non-hydrogen) atoms. The molecule has 80 valence electrons. The van der Waals surface area contributed by atoms with Crippen molar-refractivity contribution in [1.82, 2.24) is 0 Å². The Hall–Kier alpha value is -1.53. The van der Waals surface area contributed by atoms with E-state index < -0.39 is 0 Å². The van der Waals surface area contributed by atoms with Gasteiger partial charge in [0.2, 0.25) is 0 Å². The van der Waals surface area contributed by atoms with Crippen LogP contribution in [-0.2, 0) is 0 Å². The van der Waals surface area contributed by atoms with E-state index in [2.05, 4.69) is 18.3 Å². The quantitative estimate of drug-likeness (QED) is 0.772. The Morgan fingerprint density at radius 1 is 1.40 bits per heavy atom. The zero-order valence-corrected chi connectivity index (χ0v) is 8.90. The van der Waals surface area contributed by atoms with Crippen molar-refractivity contribution >= 4 is 5.69 Å². The van der Waals surface area contributed by atoms with Gasteiger partial charge >= 0.3 is 0 Å². The molecule has 1 atom stereocenters. The molecule has 1 rings (SSSR count). The van der Waals surface area contributed by atoms with Gasteiger partial charge in [-0.15, -0.1) is 0 Å². The summed E-state index contributed by atoms with van der Waals surface area (Å²) in [6.45, 7) is 2.31. The lowest BCUT2D eigenvalue weighted by molar-refractivity contribution is 0.282. The molecule has 0 spiro atoms. The molecule has 0 aliphatic rings. The Balaban J connectivity index is 2.47. The smallest absolute Gasteiger partial charge is 0.0991 e. The Morgan fingerprint density at radius 3 is 2.60 bits per heavy atom. The first-order valence-electron chi connectivity index (χ1n) is 5.14. The van der Waals surface area contributed by atoms with Crippen molar-refractivity contribution in [2.24, 2.45) is 0 Å². The summed E-state index contributed by atoms with van der Waals surface area (Å²) in [5, 5.41) is 20.6. The SMILES string of the molecule is CC(CCCO)Nc1ccc(C#N)cc1. The van der Waals surface area contributed by atoms with E-state index in [4.69, 9.17) is 10.4 Å². The number of nitrogens with zero attached hydrogens (tertiary/aromatic N) is 1. The van der Waals surface area contributed by atoms with Crippen molar-refractivity contribution in [2.75, 3.05) is 11.9 Å². The van der Waals surface area contributed by atoms with E-state index in [0.717, 1.165) is 18.5 Å². The van der Waals surface area contributed by atoms with Gasteiger partial charge < -0.3 is 10.4 Å². The third-order valence-electron chi connectivity index (χ3n) is 2.22. The lowest BCUT2D eigenvalue weighted by atomic mass is 10.1. The second kappa shape index (κ2) is 6.05. The molecule has 0 saturated heterocycles. The molecule has 1 aromatic rings. The van der Waals surface area contributed by atoms with E-state index in [9.17, 15) is 0 Å². The van der Waals surface area contributed by atoms with Crippen LogP contribution in [-0.4, -0.2) is 17.8 Å². The minimum absolute atomic E-state index is 0.236. The molecule has 0 aliphatic heterocycles. The van der Waals surface area contributed by atoms with E-state index in [1.165, 1.54) is 0 Å². The van der Waals surface area contributed by atoms with E-state index in [1.54, 1.807) is 12.1 Å². The van der Waals surface area contributed by atoms with E-state index >= 15 is 0 Å². The summed E-state index contributed by atoms with van der Waals surface area (Å²) in [5.74, 6) is 0. The summed E-state index contributed by atoms with van der Waals surface area (Å²) in [5.41, 5.74) is 1.68. The van der Waals surface area contributed by atoms with Crippen molar-refractivity contribution in [3.05, 3.63) is 29.8 Å². The van der Waals surface area contributed by atoms with E-state index in [-0.39, 0.29) is 6.61 Å². The molecule has 3 heteroatoms. The molecule has 2 N–H and O–H groups in total. The number of aliphatic hydroxyl groups is 1. The summed E-state index contributed by atoms with van der Waals surface area (Å²) < 4.78 is 0. The molecule has 1 aromatic carbocycles. The molecule has 0 aliphatic carbocycles. The number of anilines is 1. The first-order valence-corrected chi connectivity index (χ1v) is 5.14. The predicted octanol–water partition coefficient (Wildman–Crippen LogP) is 2.13. The van der Waals surface area contributed by atoms with Crippen molar-refractivity contribution < 1.29 is 5.11 Å². The third-order valence-corrected chi connectivity index (χ3v) is 2.22. The van der Waals surface area contributed by atoms with Crippen LogP contribution in [0, 0.1) is 11.3 Å². The van der Waals surface area contributed by atoms with Gasteiger partial charge in [0.1, 0.15) is 0 Å². The summed E-state index contributed by atoms with van der Waals surface area (Å²) in [7, 11) is 0. The third kappa shape index (κ3) is 4.01. The zero-order chi connectivity index (χ0) is 11.1. The van der Waals surface area contributed by atoms with Crippen molar-refractivity contribution in [2.45, 2.75) is 25.8 Å². The first kappa shape index (κ1) is 11.5. The van der Waals surface area contributed by atoms with Crippen LogP contribution in [0.3, 0.4) is 0 Å². The molecule has 0 heterocycles. The maximum Gasteiger partial charge on any atom is 0.0991 e. The minimum atomic E-state index is 0.236. The number of aliphatic hydroxyl groups excluding tert-OH is 1. The Kier molecular flexibility index (Phi) is 4.65.